The third-order valence-electron chi connectivity index (χ3n) is 4.38. The molecule has 0 saturated carbocycles. The fourth-order valence-corrected chi connectivity index (χ4v) is 5.03. The first-order valence-corrected chi connectivity index (χ1v) is 11.9. The Bertz CT molecular complexity index is 1070. The van der Waals surface area contributed by atoms with Crippen molar-refractivity contribution in [3.63, 3.8) is 0 Å². The molecule has 2 aromatic carbocycles. The molecule has 28 heavy (non-hydrogen) atoms. The molecular formula is C20H20Cl2N4S2. The summed E-state index contributed by atoms with van der Waals surface area (Å²) in [5, 5.41) is 3.01. The first-order chi connectivity index (χ1) is 13.6. The van der Waals surface area contributed by atoms with Crippen LogP contribution in [0.4, 0.5) is 0 Å². The van der Waals surface area contributed by atoms with Crippen molar-refractivity contribution in [3.8, 4) is 0 Å². The number of aromatic nitrogens is 4. The number of aryl methyl sites for hydroxylation is 1. The van der Waals surface area contributed by atoms with Crippen LogP contribution in [0.3, 0.4) is 0 Å². The highest BCUT2D eigenvalue weighted by atomic mass is 35.5. The Morgan fingerprint density at radius 1 is 0.786 bits per heavy atom. The lowest BCUT2D eigenvalue weighted by molar-refractivity contribution is 0.783. The van der Waals surface area contributed by atoms with Gasteiger partial charge in [-0.2, -0.15) is 0 Å². The zero-order valence-corrected chi connectivity index (χ0v) is 18.5. The summed E-state index contributed by atoms with van der Waals surface area (Å²) in [5.41, 5.74) is 5.19. The standard InChI is InChI=1S/C20H20Cl2N4S2/c1-12-5-6-15-16(9-12)24-19(23-15)27-7-3-2-4-8-28-20-25-17-10-13(21)14(22)11-18(17)26-20/h5-6,9-11H,2-4,7-8H2,1H3,(H,23,24)(H,25,26). The van der Waals surface area contributed by atoms with Gasteiger partial charge in [-0.05, 0) is 49.6 Å². The van der Waals surface area contributed by atoms with Crippen LogP contribution in [0.15, 0.2) is 40.6 Å². The Labute approximate surface area is 182 Å². The Balaban J connectivity index is 1.18. The summed E-state index contributed by atoms with van der Waals surface area (Å²) in [5.74, 6) is 2.11. The Hall–Kier alpha value is -1.34. The van der Waals surface area contributed by atoms with Crippen molar-refractivity contribution in [2.75, 3.05) is 11.5 Å². The highest BCUT2D eigenvalue weighted by molar-refractivity contribution is 7.99. The van der Waals surface area contributed by atoms with Gasteiger partial charge in [-0.15, -0.1) is 0 Å². The highest BCUT2D eigenvalue weighted by Gasteiger charge is 2.07. The van der Waals surface area contributed by atoms with E-state index in [1.807, 2.05) is 6.07 Å². The summed E-state index contributed by atoms with van der Waals surface area (Å²) < 4.78 is 0. The molecule has 2 N–H and O–H groups in total. The molecule has 4 nitrogen and oxygen atoms in total. The second-order valence-corrected chi connectivity index (χ2v) is 9.63. The quantitative estimate of drug-likeness (QED) is 0.221. The number of imidazole rings is 2. The molecule has 8 heteroatoms. The Kier molecular flexibility index (Phi) is 6.41. The van der Waals surface area contributed by atoms with Crippen molar-refractivity contribution in [2.24, 2.45) is 0 Å². The largest absolute Gasteiger partial charge is 0.333 e. The molecule has 0 fully saturated rings. The lowest BCUT2D eigenvalue weighted by Gasteiger charge is -1.99. The molecule has 0 amide bonds. The van der Waals surface area contributed by atoms with Crippen LogP contribution in [0.2, 0.25) is 10.0 Å². The van der Waals surface area contributed by atoms with Crippen molar-refractivity contribution in [3.05, 3.63) is 45.9 Å². The van der Waals surface area contributed by atoms with E-state index in [2.05, 4.69) is 45.1 Å². The van der Waals surface area contributed by atoms with Gasteiger partial charge >= 0.3 is 0 Å². The molecule has 0 saturated heterocycles. The van der Waals surface area contributed by atoms with Crippen LogP contribution >= 0.6 is 46.7 Å². The first kappa shape index (κ1) is 20.0. The van der Waals surface area contributed by atoms with Crippen LogP contribution in [0.25, 0.3) is 22.1 Å². The third kappa shape index (κ3) is 4.79. The fourth-order valence-electron chi connectivity index (χ4n) is 2.94. The average Bonchev–Trinajstić information content (AvgIpc) is 3.24. The van der Waals surface area contributed by atoms with E-state index in [9.17, 15) is 0 Å². The molecule has 0 aliphatic rings. The number of nitrogens with one attached hydrogen (secondary N) is 2. The van der Waals surface area contributed by atoms with Gasteiger partial charge < -0.3 is 9.97 Å². The van der Waals surface area contributed by atoms with Gasteiger partial charge in [0.05, 0.1) is 32.1 Å². The second-order valence-electron chi connectivity index (χ2n) is 6.65. The molecule has 0 radical (unpaired) electrons. The average molecular weight is 451 g/mol. The summed E-state index contributed by atoms with van der Waals surface area (Å²) in [4.78, 5) is 15.9. The highest BCUT2D eigenvalue weighted by Crippen LogP contribution is 2.29. The summed E-state index contributed by atoms with van der Waals surface area (Å²) >= 11 is 15.6. The second kappa shape index (κ2) is 8.99. The number of benzene rings is 2. The van der Waals surface area contributed by atoms with E-state index in [0.29, 0.717) is 10.0 Å². The monoisotopic (exact) mass is 450 g/mol. The minimum Gasteiger partial charge on any atom is -0.333 e. The molecule has 0 bridgehead atoms. The van der Waals surface area contributed by atoms with E-state index in [4.69, 9.17) is 23.2 Å². The third-order valence-corrected chi connectivity index (χ3v) is 7.03. The number of halogens is 2. The van der Waals surface area contributed by atoms with Crippen LogP contribution < -0.4 is 0 Å². The van der Waals surface area contributed by atoms with Crippen molar-refractivity contribution in [1.82, 2.24) is 19.9 Å². The van der Waals surface area contributed by atoms with Crippen LogP contribution in [-0.4, -0.2) is 31.4 Å². The van der Waals surface area contributed by atoms with Gasteiger partial charge in [0.2, 0.25) is 0 Å². The molecule has 0 atom stereocenters. The molecule has 0 spiro atoms. The maximum Gasteiger partial charge on any atom is 0.166 e. The maximum absolute atomic E-state index is 6.05. The molecule has 2 heterocycles. The van der Waals surface area contributed by atoms with Gasteiger partial charge in [-0.25, -0.2) is 9.97 Å². The molecule has 146 valence electrons. The predicted octanol–water partition coefficient (Wildman–Crippen LogP) is 7.11. The minimum absolute atomic E-state index is 0.536. The number of hydrogen-bond donors (Lipinski definition) is 2. The SMILES string of the molecule is Cc1ccc2nc(SCCCCCSc3nc4cc(Cl)c(Cl)cc4[nH]3)[nH]c2c1. The van der Waals surface area contributed by atoms with Gasteiger partial charge in [0, 0.05) is 11.5 Å². The smallest absolute Gasteiger partial charge is 0.166 e. The molecule has 0 aliphatic carbocycles. The van der Waals surface area contributed by atoms with E-state index in [-0.39, 0.29) is 0 Å². The summed E-state index contributed by atoms with van der Waals surface area (Å²) in [7, 11) is 0. The lowest BCUT2D eigenvalue weighted by Crippen LogP contribution is -1.86. The van der Waals surface area contributed by atoms with Crippen molar-refractivity contribution in [2.45, 2.75) is 36.5 Å². The molecule has 4 aromatic rings. The maximum atomic E-state index is 6.05. The van der Waals surface area contributed by atoms with E-state index in [1.54, 1.807) is 29.6 Å². The molecule has 2 aromatic heterocycles. The predicted molar refractivity (Wildman–Crippen MR) is 122 cm³/mol. The van der Waals surface area contributed by atoms with E-state index in [1.165, 1.54) is 18.4 Å². The molecule has 0 aliphatic heterocycles. The van der Waals surface area contributed by atoms with Gasteiger partial charge in [0.1, 0.15) is 0 Å². The van der Waals surface area contributed by atoms with Gasteiger partial charge in [0.15, 0.2) is 10.3 Å². The molecular weight excluding hydrogens is 431 g/mol. The van der Waals surface area contributed by atoms with Gasteiger partial charge in [0.25, 0.3) is 0 Å². The fraction of sp³-hybridized carbons (Fsp3) is 0.300. The van der Waals surface area contributed by atoms with E-state index < -0.39 is 0 Å². The summed E-state index contributed by atoms with van der Waals surface area (Å²) in [6, 6.07) is 9.94. The zero-order valence-electron chi connectivity index (χ0n) is 15.4. The number of unbranched alkanes of at least 4 members (excludes halogenated alkanes) is 2. The normalized spacial score (nSPS) is 11.7. The van der Waals surface area contributed by atoms with E-state index >= 15 is 0 Å². The number of fused-ring (bicyclic) bond motifs is 2. The van der Waals surface area contributed by atoms with Crippen molar-refractivity contribution >= 4 is 68.8 Å². The van der Waals surface area contributed by atoms with Crippen molar-refractivity contribution < 1.29 is 0 Å². The molecule has 4 rings (SSSR count). The Morgan fingerprint density at radius 2 is 1.39 bits per heavy atom. The summed E-state index contributed by atoms with van der Waals surface area (Å²) in [6.07, 6.45) is 3.52. The Morgan fingerprint density at radius 3 is 2.11 bits per heavy atom. The number of aromatic amines is 2. The minimum atomic E-state index is 0.536. The molecule has 0 unspecified atom stereocenters. The number of rotatable bonds is 8. The zero-order chi connectivity index (χ0) is 19.5. The number of thioether (sulfide) groups is 2. The number of hydrogen-bond acceptors (Lipinski definition) is 4. The number of nitrogens with zero attached hydrogens (tertiary/aromatic N) is 2. The van der Waals surface area contributed by atoms with Gasteiger partial charge in [-0.1, -0.05) is 59.2 Å². The lowest BCUT2D eigenvalue weighted by atomic mass is 10.2. The van der Waals surface area contributed by atoms with Crippen molar-refractivity contribution in [1.29, 1.82) is 0 Å². The first-order valence-electron chi connectivity index (χ1n) is 9.15. The van der Waals surface area contributed by atoms with Crippen LogP contribution in [0.1, 0.15) is 24.8 Å². The number of H-pyrrole nitrogens is 2. The topological polar surface area (TPSA) is 57.4 Å². The van der Waals surface area contributed by atoms with Crippen LogP contribution in [-0.2, 0) is 0 Å². The van der Waals surface area contributed by atoms with Gasteiger partial charge in [-0.3, -0.25) is 0 Å². The summed E-state index contributed by atoms with van der Waals surface area (Å²) in [6.45, 7) is 2.10. The van der Waals surface area contributed by atoms with Crippen LogP contribution in [0.5, 0.6) is 0 Å². The van der Waals surface area contributed by atoms with E-state index in [0.717, 1.165) is 50.3 Å². The van der Waals surface area contributed by atoms with Crippen LogP contribution in [0, 0.1) is 6.92 Å².